The summed E-state index contributed by atoms with van der Waals surface area (Å²) in [5.41, 5.74) is 0. The number of carbonyl (C=O) groups excluding carboxylic acids is 1. The van der Waals surface area contributed by atoms with E-state index in [4.69, 9.17) is 0 Å². The molecule has 0 bridgehead atoms. The molecule has 0 aromatic carbocycles. The van der Waals surface area contributed by atoms with Crippen LogP contribution in [0.5, 0.6) is 0 Å². The molecule has 0 atom stereocenters. The lowest BCUT2D eigenvalue weighted by atomic mass is 9.88. The van der Waals surface area contributed by atoms with Gasteiger partial charge in [-0.05, 0) is 55.4 Å². The quantitative estimate of drug-likeness (QED) is 0.397. The van der Waals surface area contributed by atoms with Gasteiger partial charge in [-0.1, -0.05) is 69.5 Å². The van der Waals surface area contributed by atoms with E-state index in [2.05, 4.69) is 20.4 Å². The van der Waals surface area contributed by atoms with Crippen molar-refractivity contribution in [2.45, 2.75) is 132 Å². The average molecular weight is 434 g/mol. The predicted octanol–water partition coefficient (Wildman–Crippen LogP) is 5.54. The highest BCUT2D eigenvalue weighted by Gasteiger charge is 2.32. The van der Waals surface area contributed by atoms with E-state index in [-0.39, 0.29) is 0 Å². The molecule has 7 heteroatoms. The molecule has 3 fully saturated rings. The van der Waals surface area contributed by atoms with E-state index in [0.717, 1.165) is 17.3 Å². The van der Waals surface area contributed by atoms with E-state index in [0.29, 0.717) is 30.5 Å². The zero-order chi connectivity index (χ0) is 20.6. The second kappa shape index (κ2) is 11.5. The highest BCUT2D eigenvalue weighted by atomic mass is 32.2. The van der Waals surface area contributed by atoms with Gasteiger partial charge in [-0.15, -0.1) is 5.10 Å². The SMILES string of the molecule is O=C(CCCSc1nnnn1C1CCCCC1)N(C1CCCCC1)C1CCCCC1. The number of thioether (sulfide) groups is 1. The molecule has 4 rings (SSSR count). The standard InChI is InChI=1S/C23H39N5OS/c29-22(27(19-11-4-1-5-12-19)20-13-6-2-7-14-20)17-10-18-30-23-24-25-26-28(23)21-15-8-3-9-16-21/h19-21H,1-18H2. The fourth-order valence-electron chi connectivity index (χ4n) is 5.78. The number of carbonyl (C=O) groups is 1. The maximum absolute atomic E-state index is 13.3. The highest BCUT2D eigenvalue weighted by Crippen LogP contribution is 2.32. The summed E-state index contributed by atoms with van der Waals surface area (Å²) >= 11 is 1.73. The molecule has 1 aromatic rings. The van der Waals surface area contributed by atoms with Crippen molar-refractivity contribution >= 4 is 17.7 Å². The maximum Gasteiger partial charge on any atom is 0.223 e. The molecule has 3 saturated carbocycles. The van der Waals surface area contributed by atoms with Crippen molar-refractivity contribution in [3.63, 3.8) is 0 Å². The molecule has 1 heterocycles. The second-order valence-electron chi connectivity index (χ2n) is 9.53. The van der Waals surface area contributed by atoms with E-state index in [1.165, 1.54) is 96.3 Å². The molecule has 30 heavy (non-hydrogen) atoms. The summed E-state index contributed by atoms with van der Waals surface area (Å²) in [4.78, 5) is 15.6. The van der Waals surface area contributed by atoms with Gasteiger partial charge in [0.05, 0.1) is 6.04 Å². The van der Waals surface area contributed by atoms with Gasteiger partial charge in [-0.25, -0.2) is 4.68 Å². The van der Waals surface area contributed by atoms with Crippen LogP contribution in [-0.2, 0) is 4.79 Å². The molecular formula is C23H39N5OS. The first-order valence-electron chi connectivity index (χ1n) is 12.5. The predicted molar refractivity (Wildman–Crippen MR) is 120 cm³/mol. The first-order valence-corrected chi connectivity index (χ1v) is 13.5. The Balaban J connectivity index is 1.28. The fraction of sp³-hybridized carbons (Fsp3) is 0.913. The zero-order valence-electron chi connectivity index (χ0n) is 18.5. The van der Waals surface area contributed by atoms with E-state index < -0.39 is 0 Å². The number of hydrogen-bond acceptors (Lipinski definition) is 5. The van der Waals surface area contributed by atoms with Gasteiger partial charge in [-0.2, -0.15) is 0 Å². The van der Waals surface area contributed by atoms with Crippen LogP contribution >= 0.6 is 11.8 Å². The Kier molecular flexibility index (Phi) is 8.46. The third-order valence-corrected chi connectivity index (χ3v) is 8.39. The molecule has 0 aliphatic heterocycles. The number of tetrazole rings is 1. The molecule has 0 unspecified atom stereocenters. The molecule has 0 radical (unpaired) electrons. The van der Waals surface area contributed by atoms with Gasteiger partial charge in [0.2, 0.25) is 11.1 Å². The lowest BCUT2D eigenvalue weighted by molar-refractivity contribution is -0.138. The van der Waals surface area contributed by atoms with Crippen molar-refractivity contribution in [3.8, 4) is 0 Å². The van der Waals surface area contributed by atoms with Crippen LogP contribution in [0, 0.1) is 0 Å². The summed E-state index contributed by atoms with van der Waals surface area (Å²) in [5, 5.41) is 13.4. The first kappa shape index (κ1) is 22.1. The minimum Gasteiger partial charge on any atom is -0.337 e. The van der Waals surface area contributed by atoms with E-state index >= 15 is 0 Å². The van der Waals surface area contributed by atoms with E-state index in [9.17, 15) is 4.79 Å². The smallest absolute Gasteiger partial charge is 0.223 e. The van der Waals surface area contributed by atoms with Crippen molar-refractivity contribution in [2.24, 2.45) is 0 Å². The van der Waals surface area contributed by atoms with Crippen LogP contribution in [0.1, 0.15) is 115 Å². The zero-order valence-corrected chi connectivity index (χ0v) is 19.3. The molecular weight excluding hydrogens is 394 g/mol. The van der Waals surface area contributed by atoms with Crippen molar-refractivity contribution in [1.29, 1.82) is 0 Å². The lowest BCUT2D eigenvalue weighted by Crippen LogP contribution is -2.48. The lowest BCUT2D eigenvalue weighted by Gasteiger charge is -2.42. The van der Waals surface area contributed by atoms with Gasteiger partial charge in [0.25, 0.3) is 0 Å². The normalized spacial score (nSPS) is 22.3. The molecule has 0 saturated heterocycles. The third-order valence-electron chi connectivity index (χ3n) is 7.37. The number of amides is 1. The number of aromatic nitrogens is 4. The van der Waals surface area contributed by atoms with E-state index in [1.807, 2.05) is 4.68 Å². The highest BCUT2D eigenvalue weighted by molar-refractivity contribution is 7.99. The van der Waals surface area contributed by atoms with Crippen LogP contribution in [0.2, 0.25) is 0 Å². The summed E-state index contributed by atoms with van der Waals surface area (Å²) < 4.78 is 2.04. The van der Waals surface area contributed by atoms with Gasteiger partial charge in [0.1, 0.15) is 0 Å². The van der Waals surface area contributed by atoms with Crippen molar-refractivity contribution in [2.75, 3.05) is 5.75 Å². The van der Waals surface area contributed by atoms with Gasteiger partial charge in [0, 0.05) is 24.3 Å². The molecule has 0 N–H and O–H groups in total. The van der Waals surface area contributed by atoms with Gasteiger partial charge < -0.3 is 4.90 Å². The third kappa shape index (κ3) is 5.77. The molecule has 0 spiro atoms. The van der Waals surface area contributed by atoms with Gasteiger partial charge in [0.15, 0.2) is 0 Å². The van der Waals surface area contributed by atoms with Crippen LogP contribution in [0.25, 0.3) is 0 Å². The molecule has 3 aliphatic rings. The van der Waals surface area contributed by atoms with Crippen LogP contribution < -0.4 is 0 Å². The van der Waals surface area contributed by atoms with Crippen LogP contribution in [0.15, 0.2) is 5.16 Å². The summed E-state index contributed by atoms with van der Waals surface area (Å²) in [5.74, 6) is 1.32. The largest absolute Gasteiger partial charge is 0.337 e. The minimum atomic E-state index is 0.404. The maximum atomic E-state index is 13.3. The number of rotatable bonds is 8. The fourth-order valence-corrected chi connectivity index (χ4v) is 6.66. The van der Waals surface area contributed by atoms with Crippen LogP contribution in [0.4, 0.5) is 0 Å². The topological polar surface area (TPSA) is 63.9 Å². The minimum absolute atomic E-state index is 0.404. The molecule has 6 nitrogen and oxygen atoms in total. The molecule has 168 valence electrons. The Bertz CT molecular complexity index is 630. The number of hydrogen-bond donors (Lipinski definition) is 0. The summed E-state index contributed by atoms with van der Waals surface area (Å²) in [7, 11) is 0. The van der Waals surface area contributed by atoms with Crippen LogP contribution in [-0.4, -0.2) is 48.9 Å². The summed E-state index contributed by atoms with van der Waals surface area (Å²) in [6, 6.07) is 1.46. The Hall–Kier alpha value is -1.11. The van der Waals surface area contributed by atoms with Crippen molar-refractivity contribution in [1.82, 2.24) is 25.1 Å². The Morgan fingerprint density at radius 1 is 0.867 bits per heavy atom. The van der Waals surface area contributed by atoms with Crippen molar-refractivity contribution in [3.05, 3.63) is 0 Å². The summed E-state index contributed by atoms with van der Waals surface area (Å²) in [6.45, 7) is 0. The van der Waals surface area contributed by atoms with Crippen molar-refractivity contribution < 1.29 is 4.79 Å². The average Bonchev–Trinajstić information content (AvgIpc) is 3.28. The molecule has 3 aliphatic carbocycles. The van der Waals surface area contributed by atoms with Gasteiger partial charge in [-0.3, -0.25) is 4.79 Å². The summed E-state index contributed by atoms with van der Waals surface area (Å²) in [6.07, 6.45) is 20.6. The number of nitrogens with zero attached hydrogens (tertiary/aromatic N) is 5. The second-order valence-corrected chi connectivity index (χ2v) is 10.6. The van der Waals surface area contributed by atoms with Crippen LogP contribution in [0.3, 0.4) is 0 Å². The first-order chi connectivity index (χ1) is 14.8. The molecule has 1 amide bonds. The monoisotopic (exact) mass is 433 g/mol. The Morgan fingerprint density at radius 2 is 1.43 bits per heavy atom. The van der Waals surface area contributed by atoms with E-state index in [1.54, 1.807) is 11.8 Å². The molecule has 1 aromatic heterocycles. The Morgan fingerprint density at radius 3 is 2.03 bits per heavy atom. The Labute approximate surface area is 185 Å². The van der Waals surface area contributed by atoms with Gasteiger partial charge >= 0.3 is 0 Å².